The van der Waals surface area contributed by atoms with Crippen LogP contribution < -0.4 is 10.1 Å². The summed E-state index contributed by atoms with van der Waals surface area (Å²) in [5.74, 6) is 1.62. The van der Waals surface area contributed by atoms with Gasteiger partial charge in [-0.2, -0.15) is 0 Å². The van der Waals surface area contributed by atoms with E-state index in [1.807, 2.05) is 18.2 Å². The lowest BCUT2D eigenvalue weighted by molar-refractivity contribution is 0.414. The van der Waals surface area contributed by atoms with Gasteiger partial charge in [-0.15, -0.1) is 11.6 Å². The van der Waals surface area contributed by atoms with Gasteiger partial charge in [0.2, 0.25) is 0 Å². The molecule has 94 valence electrons. The first kappa shape index (κ1) is 13.2. The van der Waals surface area contributed by atoms with Crippen LogP contribution in [0.4, 0.5) is 0 Å². The summed E-state index contributed by atoms with van der Waals surface area (Å²) >= 11 is 9.78. The lowest BCUT2D eigenvalue weighted by Gasteiger charge is -2.11. The zero-order chi connectivity index (χ0) is 12.3. The van der Waals surface area contributed by atoms with Gasteiger partial charge < -0.3 is 10.1 Å². The summed E-state index contributed by atoms with van der Waals surface area (Å²) in [5, 5.41) is 3.67. The Morgan fingerprint density at radius 3 is 2.94 bits per heavy atom. The first-order valence-corrected chi connectivity index (χ1v) is 7.11. The van der Waals surface area contributed by atoms with Crippen molar-refractivity contribution in [2.45, 2.75) is 24.8 Å². The second-order valence-corrected chi connectivity index (χ2v) is 5.86. The van der Waals surface area contributed by atoms with E-state index in [1.54, 1.807) is 7.11 Å². The Bertz CT molecular complexity index is 382. The Balaban J connectivity index is 1.84. The summed E-state index contributed by atoms with van der Waals surface area (Å²) in [4.78, 5) is 0. The molecule has 1 aromatic rings. The van der Waals surface area contributed by atoms with Gasteiger partial charge in [0.05, 0.1) is 7.11 Å². The van der Waals surface area contributed by atoms with Gasteiger partial charge >= 0.3 is 0 Å². The standard InChI is InChI=1S/C13H17BrClNO/c1-17-11-4-5-12(14)10(6-11)7-16-8-13(15)9-2-3-9/h4-6,9,13,16H,2-3,7-8H2,1H3. The highest BCUT2D eigenvalue weighted by Crippen LogP contribution is 2.35. The third kappa shape index (κ3) is 3.87. The summed E-state index contributed by atoms with van der Waals surface area (Å²) in [6, 6.07) is 5.99. The second-order valence-electron chi connectivity index (χ2n) is 4.44. The third-order valence-electron chi connectivity index (χ3n) is 3.04. The monoisotopic (exact) mass is 317 g/mol. The van der Waals surface area contributed by atoms with Crippen LogP contribution in [-0.2, 0) is 6.54 Å². The molecule has 0 aromatic heterocycles. The average molecular weight is 319 g/mol. The molecule has 2 nitrogen and oxygen atoms in total. The van der Waals surface area contributed by atoms with Crippen molar-refractivity contribution in [1.29, 1.82) is 0 Å². The first-order valence-electron chi connectivity index (χ1n) is 5.88. The van der Waals surface area contributed by atoms with Gasteiger partial charge in [0.15, 0.2) is 0 Å². The molecular formula is C13H17BrClNO. The van der Waals surface area contributed by atoms with Gasteiger partial charge in [0.1, 0.15) is 5.75 Å². The molecule has 1 aliphatic rings. The molecule has 0 amide bonds. The molecular weight excluding hydrogens is 302 g/mol. The zero-order valence-corrected chi connectivity index (χ0v) is 12.2. The minimum Gasteiger partial charge on any atom is -0.497 e. The molecule has 1 saturated carbocycles. The maximum absolute atomic E-state index is 6.24. The van der Waals surface area contributed by atoms with Crippen LogP contribution in [-0.4, -0.2) is 19.0 Å². The van der Waals surface area contributed by atoms with Crippen molar-refractivity contribution in [1.82, 2.24) is 5.32 Å². The van der Waals surface area contributed by atoms with E-state index in [2.05, 4.69) is 21.2 Å². The molecule has 1 unspecified atom stereocenters. The topological polar surface area (TPSA) is 21.3 Å². The molecule has 0 bridgehead atoms. The zero-order valence-electron chi connectivity index (χ0n) is 9.88. The van der Waals surface area contributed by atoms with E-state index in [0.717, 1.165) is 29.2 Å². The SMILES string of the molecule is COc1ccc(Br)c(CNCC(Cl)C2CC2)c1. The van der Waals surface area contributed by atoms with Crippen LogP contribution in [0.5, 0.6) is 5.75 Å². The van der Waals surface area contributed by atoms with Gasteiger partial charge in [0.25, 0.3) is 0 Å². The highest BCUT2D eigenvalue weighted by molar-refractivity contribution is 9.10. The molecule has 1 aliphatic carbocycles. The van der Waals surface area contributed by atoms with E-state index in [1.165, 1.54) is 18.4 Å². The van der Waals surface area contributed by atoms with Gasteiger partial charge in [-0.25, -0.2) is 0 Å². The van der Waals surface area contributed by atoms with E-state index < -0.39 is 0 Å². The van der Waals surface area contributed by atoms with Crippen LogP contribution >= 0.6 is 27.5 Å². The smallest absolute Gasteiger partial charge is 0.119 e. The van der Waals surface area contributed by atoms with Gasteiger partial charge in [-0.3, -0.25) is 0 Å². The Kier molecular flexibility index (Phi) is 4.71. The van der Waals surface area contributed by atoms with Crippen molar-refractivity contribution in [3.8, 4) is 5.75 Å². The number of hydrogen-bond acceptors (Lipinski definition) is 2. The maximum atomic E-state index is 6.24. The summed E-state index contributed by atoms with van der Waals surface area (Å²) < 4.78 is 6.31. The predicted octanol–water partition coefficient (Wildman–Crippen LogP) is 3.56. The van der Waals surface area contributed by atoms with Crippen molar-refractivity contribution < 1.29 is 4.74 Å². The van der Waals surface area contributed by atoms with Crippen LogP contribution in [0, 0.1) is 5.92 Å². The summed E-state index contributed by atoms with van der Waals surface area (Å²) in [7, 11) is 1.68. The van der Waals surface area contributed by atoms with Crippen LogP contribution in [0.2, 0.25) is 0 Å². The van der Waals surface area contributed by atoms with E-state index in [-0.39, 0.29) is 5.38 Å². The average Bonchev–Trinajstić information content (AvgIpc) is 3.15. The number of alkyl halides is 1. The van der Waals surface area contributed by atoms with Gasteiger partial charge in [-0.1, -0.05) is 15.9 Å². The maximum Gasteiger partial charge on any atom is 0.119 e. The molecule has 0 spiro atoms. The van der Waals surface area contributed by atoms with Crippen LogP contribution in [0.25, 0.3) is 0 Å². The van der Waals surface area contributed by atoms with Gasteiger partial charge in [0, 0.05) is 22.9 Å². The normalized spacial score (nSPS) is 16.9. The predicted molar refractivity (Wildman–Crippen MR) is 74.8 cm³/mol. The van der Waals surface area contributed by atoms with Crippen LogP contribution in [0.3, 0.4) is 0 Å². The van der Waals surface area contributed by atoms with E-state index in [0.29, 0.717) is 0 Å². The van der Waals surface area contributed by atoms with E-state index in [9.17, 15) is 0 Å². The van der Waals surface area contributed by atoms with Crippen molar-refractivity contribution in [2.75, 3.05) is 13.7 Å². The minimum absolute atomic E-state index is 0.277. The van der Waals surface area contributed by atoms with Crippen LogP contribution in [0.15, 0.2) is 22.7 Å². The Labute approximate surface area is 116 Å². The molecule has 4 heteroatoms. The molecule has 1 aromatic carbocycles. The number of rotatable bonds is 6. The Morgan fingerprint density at radius 1 is 1.53 bits per heavy atom. The van der Waals surface area contributed by atoms with Gasteiger partial charge in [-0.05, 0) is 42.5 Å². The number of nitrogens with one attached hydrogen (secondary N) is 1. The van der Waals surface area contributed by atoms with Crippen molar-refractivity contribution in [3.05, 3.63) is 28.2 Å². The molecule has 0 aliphatic heterocycles. The number of ether oxygens (including phenoxy) is 1. The summed E-state index contributed by atoms with van der Waals surface area (Å²) in [5.41, 5.74) is 1.20. The molecule has 0 heterocycles. The van der Waals surface area contributed by atoms with Crippen molar-refractivity contribution >= 4 is 27.5 Å². The molecule has 17 heavy (non-hydrogen) atoms. The number of methoxy groups -OCH3 is 1. The lowest BCUT2D eigenvalue weighted by Crippen LogP contribution is -2.24. The fourth-order valence-corrected chi connectivity index (χ4v) is 2.53. The molecule has 1 N–H and O–H groups in total. The van der Waals surface area contributed by atoms with Crippen molar-refractivity contribution in [3.63, 3.8) is 0 Å². The number of halogens is 2. The van der Waals surface area contributed by atoms with E-state index in [4.69, 9.17) is 16.3 Å². The van der Waals surface area contributed by atoms with Crippen molar-refractivity contribution in [2.24, 2.45) is 5.92 Å². The molecule has 1 atom stereocenters. The highest BCUT2D eigenvalue weighted by atomic mass is 79.9. The largest absolute Gasteiger partial charge is 0.497 e. The molecule has 1 fully saturated rings. The minimum atomic E-state index is 0.277. The summed E-state index contributed by atoms with van der Waals surface area (Å²) in [6.45, 7) is 1.68. The second kappa shape index (κ2) is 6.07. The highest BCUT2D eigenvalue weighted by Gasteiger charge is 2.29. The van der Waals surface area contributed by atoms with Crippen LogP contribution in [0.1, 0.15) is 18.4 Å². The molecule has 0 radical (unpaired) electrons. The van der Waals surface area contributed by atoms with E-state index >= 15 is 0 Å². The number of benzene rings is 1. The third-order valence-corrected chi connectivity index (χ3v) is 4.33. The Morgan fingerprint density at radius 2 is 2.29 bits per heavy atom. The Hall–Kier alpha value is -0.250. The fraction of sp³-hybridized carbons (Fsp3) is 0.538. The quantitative estimate of drug-likeness (QED) is 0.810. The number of hydrogen-bond donors (Lipinski definition) is 1. The molecule has 0 saturated heterocycles. The fourth-order valence-electron chi connectivity index (χ4n) is 1.78. The summed E-state index contributed by atoms with van der Waals surface area (Å²) in [6.07, 6.45) is 2.58. The lowest BCUT2D eigenvalue weighted by atomic mass is 10.2. The molecule has 2 rings (SSSR count). The first-order chi connectivity index (χ1) is 8.20.